The molecule has 2 aliphatic heterocycles. The lowest BCUT2D eigenvalue weighted by Gasteiger charge is -2.29. The van der Waals surface area contributed by atoms with Gasteiger partial charge in [-0.3, -0.25) is 4.79 Å². The molecule has 0 radical (unpaired) electrons. The summed E-state index contributed by atoms with van der Waals surface area (Å²) in [5, 5.41) is 6.25. The Morgan fingerprint density at radius 2 is 2.00 bits per heavy atom. The number of benzene rings is 1. The average Bonchev–Trinajstić information content (AvgIpc) is 3.62. The van der Waals surface area contributed by atoms with Crippen LogP contribution >= 0.6 is 11.3 Å². The minimum absolute atomic E-state index is 0.00915. The Morgan fingerprint density at radius 3 is 2.70 bits per heavy atom. The molecule has 0 aliphatic carbocycles. The monoisotopic (exact) mass is 471 g/mol. The largest absolute Gasteiger partial charge is 0.378 e. The smallest absolute Gasteiger partial charge is 0.264 e. The van der Waals surface area contributed by atoms with Gasteiger partial charge >= 0.3 is 0 Å². The Labute approximate surface area is 195 Å². The second kappa shape index (κ2) is 10.0. The van der Waals surface area contributed by atoms with Crippen LogP contribution in [0.3, 0.4) is 0 Å². The summed E-state index contributed by atoms with van der Waals surface area (Å²) in [4.78, 5) is 18.0. The van der Waals surface area contributed by atoms with Gasteiger partial charge in [-0.1, -0.05) is 11.2 Å². The van der Waals surface area contributed by atoms with Gasteiger partial charge in [0.15, 0.2) is 0 Å². The van der Waals surface area contributed by atoms with E-state index in [2.05, 4.69) is 10.1 Å². The second-order valence-corrected chi connectivity index (χ2v) is 9.17. The van der Waals surface area contributed by atoms with Gasteiger partial charge in [0.2, 0.25) is 5.88 Å². The Kier molecular flexibility index (Phi) is 6.70. The van der Waals surface area contributed by atoms with Gasteiger partial charge in [-0.15, -0.1) is 11.3 Å². The van der Waals surface area contributed by atoms with Crippen molar-refractivity contribution < 1.29 is 23.2 Å². The first-order chi connectivity index (χ1) is 16.2. The highest BCUT2D eigenvalue weighted by Crippen LogP contribution is 2.34. The molecule has 7 nitrogen and oxygen atoms in total. The molecule has 2 saturated heterocycles. The van der Waals surface area contributed by atoms with E-state index in [-0.39, 0.29) is 17.8 Å². The molecule has 0 bridgehead atoms. The van der Waals surface area contributed by atoms with Crippen molar-refractivity contribution in [2.45, 2.75) is 25.5 Å². The Hall–Kier alpha value is -2.75. The normalized spacial score (nSPS) is 18.6. The first kappa shape index (κ1) is 22.1. The minimum Gasteiger partial charge on any atom is -0.378 e. The van der Waals surface area contributed by atoms with Gasteiger partial charge in [0, 0.05) is 31.8 Å². The minimum atomic E-state index is -0.315. The van der Waals surface area contributed by atoms with E-state index in [0.29, 0.717) is 55.8 Å². The zero-order valence-corrected chi connectivity index (χ0v) is 19.1. The first-order valence-corrected chi connectivity index (χ1v) is 12.1. The van der Waals surface area contributed by atoms with Crippen LogP contribution in [0.15, 0.2) is 46.3 Å². The topological polar surface area (TPSA) is 68.0 Å². The van der Waals surface area contributed by atoms with E-state index in [1.165, 1.54) is 23.5 Å². The molecule has 174 valence electrons. The third-order valence-electron chi connectivity index (χ3n) is 6.00. The fourth-order valence-electron chi connectivity index (χ4n) is 4.29. The van der Waals surface area contributed by atoms with Crippen molar-refractivity contribution in [3.05, 3.63) is 58.0 Å². The number of carbonyl (C=O) groups excluding carboxylic acids is 1. The molecule has 2 aliphatic rings. The maximum Gasteiger partial charge on any atom is 0.264 e. The Bertz CT molecular complexity index is 1060. The lowest BCUT2D eigenvalue weighted by atomic mass is 10.1. The SMILES string of the molecule is O=C(c1cccs1)N(Cc1c(-c2ccc(F)cc2)noc1N1CCOCC1)CC1CCCO1. The number of rotatable bonds is 7. The molecule has 3 aromatic rings. The van der Waals surface area contributed by atoms with Crippen molar-refractivity contribution >= 4 is 23.1 Å². The Balaban J connectivity index is 1.51. The predicted octanol–water partition coefficient (Wildman–Crippen LogP) is 4.20. The van der Waals surface area contributed by atoms with Crippen LogP contribution in [-0.4, -0.2) is 61.5 Å². The number of halogens is 1. The number of hydrogen-bond acceptors (Lipinski definition) is 7. The molecule has 1 aromatic carbocycles. The standard InChI is InChI=1S/C24H26FN3O4S/c25-18-7-5-17(6-8-18)22-20(24(32-26-22)27-9-12-30-13-10-27)16-28(15-19-3-1-11-31-19)23(29)21-4-2-14-33-21/h2,4-8,14,19H,1,3,9-13,15-16H2. The Morgan fingerprint density at radius 1 is 1.18 bits per heavy atom. The maximum absolute atomic E-state index is 13.6. The van der Waals surface area contributed by atoms with Crippen molar-refractivity contribution in [3.63, 3.8) is 0 Å². The fourth-order valence-corrected chi connectivity index (χ4v) is 4.98. The molecule has 33 heavy (non-hydrogen) atoms. The van der Waals surface area contributed by atoms with Crippen LogP contribution in [0.4, 0.5) is 10.3 Å². The summed E-state index contributed by atoms with van der Waals surface area (Å²) in [5.41, 5.74) is 2.18. The highest BCUT2D eigenvalue weighted by molar-refractivity contribution is 7.12. The van der Waals surface area contributed by atoms with Crippen LogP contribution in [0.2, 0.25) is 0 Å². The van der Waals surface area contributed by atoms with Gasteiger partial charge in [0.1, 0.15) is 11.5 Å². The zero-order valence-electron chi connectivity index (χ0n) is 18.2. The van der Waals surface area contributed by atoms with Crippen LogP contribution in [0.1, 0.15) is 28.1 Å². The highest BCUT2D eigenvalue weighted by Gasteiger charge is 2.30. The number of thiophene rings is 1. The summed E-state index contributed by atoms with van der Waals surface area (Å²) in [6.45, 7) is 4.08. The molecule has 0 saturated carbocycles. The van der Waals surface area contributed by atoms with Gasteiger partial charge in [-0.2, -0.15) is 0 Å². The molecule has 1 amide bonds. The van der Waals surface area contributed by atoms with Crippen LogP contribution in [-0.2, 0) is 16.0 Å². The fraction of sp³-hybridized carbons (Fsp3) is 0.417. The van der Waals surface area contributed by atoms with Crippen molar-refractivity contribution in [2.75, 3.05) is 44.4 Å². The molecular formula is C24H26FN3O4S. The summed E-state index contributed by atoms with van der Waals surface area (Å²) in [6.07, 6.45) is 1.94. The van der Waals surface area contributed by atoms with E-state index in [4.69, 9.17) is 14.0 Å². The van der Waals surface area contributed by atoms with E-state index < -0.39 is 0 Å². The summed E-state index contributed by atoms with van der Waals surface area (Å²) in [6, 6.07) is 9.90. The average molecular weight is 472 g/mol. The van der Waals surface area contributed by atoms with Gasteiger partial charge in [0.25, 0.3) is 5.91 Å². The van der Waals surface area contributed by atoms with E-state index in [1.807, 2.05) is 22.4 Å². The van der Waals surface area contributed by atoms with E-state index in [0.717, 1.165) is 30.6 Å². The molecular weight excluding hydrogens is 445 g/mol. The summed E-state index contributed by atoms with van der Waals surface area (Å²) < 4.78 is 30.7. The first-order valence-electron chi connectivity index (χ1n) is 11.2. The highest BCUT2D eigenvalue weighted by atomic mass is 32.1. The molecule has 1 unspecified atom stereocenters. The number of anilines is 1. The maximum atomic E-state index is 13.6. The summed E-state index contributed by atoms with van der Waals surface area (Å²) in [5.74, 6) is 0.277. The summed E-state index contributed by atoms with van der Waals surface area (Å²) in [7, 11) is 0. The number of nitrogens with zero attached hydrogens (tertiary/aromatic N) is 3. The quantitative estimate of drug-likeness (QED) is 0.515. The van der Waals surface area contributed by atoms with Crippen LogP contribution in [0.25, 0.3) is 11.3 Å². The zero-order chi connectivity index (χ0) is 22.6. The second-order valence-electron chi connectivity index (χ2n) is 8.22. The summed E-state index contributed by atoms with van der Waals surface area (Å²) >= 11 is 1.42. The molecule has 2 fully saturated rings. The van der Waals surface area contributed by atoms with Gasteiger partial charge in [-0.25, -0.2) is 4.39 Å². The molecule has 5 rings (SSSR count). The molecule has 4 heterocycles. The van der Waals surface area contributed by atoms with Crippen molar-refractivity contribution in [2.24, 2.45) is 0 Å². The predicted molar refractivity (Wildman–Crippen MR) is 123 cm³/mol. The number of carbonyl (C=O) groups is 1. The lowest BCUT2D eigenvalue weighted by Crippen LogP contribution is -2.39. The molecule has 0 spiro atoms. The van der Waals surface area contributed by atoms with E-state index in [1.54, 1.807) is 12.1 Å². The van der Waals surface area contributed by atoms with Gasteiger partial charge in [-0.05, 0) is 48.6 Å². The third kappa shape index (κ3) is 4.95. The van der Waals surface area contributed by atoms with E-state index >= 15 is 0 Å². The van der Waals surface area contributed by atoms with Gasteiger partial charge < -0.3 is 23.8 Å². The number of amides is 1. The van der Waals surface area contributed by atoms with Crippen LogP contribution in [0.5, 0.6) is 0 Å². The number of ether oxygens (including phenoxy) is 2. The number of hydrogen-bond donors (Lipinski definition) is 0. The molecule has 2 aromatic heterocycles. The lowest BCUT2D eigenvalue weighted by molar-refractivity contribution is 0.0511. The number of morpholine rings is 1. The van der Waals surface area contributed by atoms with Crippen molar-refractivity contribution in [1.29, 1.82) is 0 Å². The molecule has 1 atom stereocenters. The molecule has 0 N–H and O–H groups in total. The van der Waals surface area contributed by atoms with E-state index in [9.17, 15) is 9.18 Å². The number of aromatic nitrogens is 1. The van der Waals surface area contributed by atoms with Crippen molar-refractivity contribution in [3.8, 4) is 11.3 Å². The van der Waals surface area contributed by atoms with Gasteiger partial charge in [0.05, 0.1) is 36.3 Å². The van der Waals surface area contributed by atoms with Crippen LogP contribution < -0.4 is 4.90 Å². The third-order valence-corrected chi connectivity index (χ3v) is 6.86. The van der Waals surface area contributed by atoms with Crippen molar-refractivity contribution in [1.82, 2.24) is 10.1 Å². The van der Waals surface area contributed by atoms with Crippen LogP contribution in [0, 0.1) is 5.82 Å². The molecule has 9 heteroatoms.